The van der Waals surface area contributed by atoms with Crippen molar-refractivity contribution in [1.82, 2.24) is 10.1 Å². The van der Waals surface area contributed by atoms with E-state index in [9.17, 15) is 4.79 Å². The smallest absolute Gasteiger partial charge is 0.279 e. The van der Waals surface area contributed by atoms with Crippen LogP contribution in [0.15, 0.2) is 33.4 Å². The van der Waals surface area contributed by atoms with Crippen LogP contribution in [0.25, 0.3) is 11.5 Å². The first-order valence-electron chi connectivity index (χ1n) is 6.68. The fraction of sp³-hybridized carbons (Fsp3) is 0.214. The molecule has 1 amide bonds. The SMILES string of the molecule is O=C(Nc1nc2c(s1)COCC2)c1cc(-c2ccco2)on1. The predicted molar refractivity (Wildman–Crippen MR) is 77.6 cm³/mol. The minimum Gasteiger partial charge on any atom is -0.461 e. The third-order valence-corrected chi connectivity index (χ3v) is 4.21. The summed E-state index contributed by atoms with van der Waals surface area (Å²) in [6.45, 7) is 1.22. The molecular weight excluding hydrogens is 306 g/mol. The monoisotopic (exact) mass is 317 g/mol. The van der Waals surface area contributed by atoms with Gasteiger partial charge in [-0.2, -0.15) is 0 Å². The Labute approximate surface area is 128 Å². The van der Waals surface area contributed by atoms with Gasteiger partial charge in [-0.05, 0) is 12.1 Å². The Balaban J connectivity index is 1.51. The summed E-state index contributed by atoms with van der Waals surface area (Å²) in [6.07, 6.45) is 2.30. The molecule has 0 aliphatic carbocycles. The summed E-state index contributed by atoms with van der Waals surface area (Å²) in [5.41, 5.74) is 1.17. The molecule has 0 spiro atoms. The van der Waals surface area contributed by atoms with E-state index >= 15 is 0 Å². The van der Waals surface area contributed by atoms with Crippen molar-refractivity contribution >= 4 is 22.4 Å². The van der Waals surface area contributed by atoms with Gasteiger partial charge in [-0.25, -0.2) is 4.98 Å². The summed E-state index contributed by atoms with van der Waals surface area (Å²) in [6, 6.07) is 5.00. The van der Waals surface area contributed by atoms with Crippen LogP contribution in [0.4, 0.5) is 5.13 Å². The number of fused-ring (bicyclic) bond motifs is 1. The first-order valence-corrected chi connectivity index (χ1v) is 7.49. The molecular formula is C14H11N3O4S. The fourth-order valence-corrected chi connectivity index (χ4v) is 3.10. The molecule has 3 aromatic rings. The molecule has 0 aromatic carbocycles. The van der Waals surface area contributed by atoms with Crippen molar-refractivity contribution in [3.05, 3.63) is 40.7 Å². The molecule has 22 heavy (non-hydrogen) atoms. The zero-order chi connectivity index (χ0) is 14.9. The van der Waals surface area contributed by atoms with Crippen molar-refractivity contribution in [2.75, 3.05) is 11.9 Å². The van der Waals surface area contributed by atoms with Gasteiger partial charge in [0, 0.05) is 12.5 Å². The van der Waals surface area contributed by atoms with Crippen LogP contribution in [0.1, 0.15) is 21.1 Å². The van der Waals surface area contributed by atoms with Crippen LogP contribution in [0.5, 0.6) is 0 Å². The van der Waals surface area contributed by atoms with Gasteiger partial charge in [-0.3, -0.25) is 10.1 Å². The number of ether oxygens (including phenoxy) is 1. The van der Waals surface area contributed by atoms with E-state index < -0.39 is 0 Å². The highest BCUT2D eigenvalue weighted by molar-refractivity contribution is 7.15. The Hall–Kier alpha value is -2.45. The highest BCUT2D eigenvalue weighted by Gasteiger charge is 2.19. The molecule has 0 unspecified atom stereocenters. The molecule has 4 heterocycles. The third kappa shape index (κ3) is 2.42. The molecule has 0 fully saturated rings. The summed E-state index contributed by atoms with van der Waals surface area (Å²) in [4.78, 5) is 17.6. The Bertz CT molecular complexity index is 783. The van der Waals surface area contributed by atoms with E-state index in [1.807, 2.05) is 0 Å². The first kappa shape index (κ1) is 13.2. The van der Waals surface area contributed by atoms with E-state index in [-0.39, 0.29) is 11.6 Å². The molecule has 7 nitrogen and oxygen atoms in total. The average Bonchev–Trinajstić information content (AvgIpc) is 3.26. The number of hydrogen-bond donors (Lipinski definition) is 1. The van der Waals surface area contributed by atoms with Crippen molar-refractivity contribution in [2.45, 2.75) is 13.0 Å². The number of carbonyl (C=O) groups excluding carboxylic acids is 1. The minimum absolute atomic E-state index is 0.177. The predicted octanol–water partition coefficient (Wildman–Crippen LogP) is 2.72. The molecule has 0 saturated heterocycles. The van der Waals surface area contributed by atoms with E-state index in [2.05, 4.69) is 15.5 Å². The normalized spacial score (nSPS) is 13.8. The molecule has 1 aliphatic heterocycles. The Morgan fingerprint density at radius 1 is 1.36 bits per heavy atom. The molecule has 3 aromatic heterocycles. The summed E-state index contributed by atoms with van der Waals surface area (Å²) in [7, 11) is 0. The number of aromatic nitrogens is 2. The number of furan rings is 1. The highest BCUT2D eigenvalue weighted by Crippen LogP contribution is 2.27. The standard InChI is InChI=1S/C14H11N3O4S/c18-13(9-6-11(21-17-9)10-2-1-4-20-10)16-14-15-8-3-5-19-7-12(8)22-14/h1-2,4,6H,3,5,7H2,(H,15,16,18). The average molecular weight is 317 g/mol. The van der Waals surface area contributed by atoms with Crippen LogP contribution in [-0.4, -0.2) is 22.7 Å². The maximum Gasteiger partial charge on any atom is 0.279 e. The zero-order valence-electron chi connectivity index (χ0n) is 11.4. The number of nitrogens with zero attached hydrogens (tertiary/aromatic N) is 2. The molecule has 0 saturated carbocycles. The van der Waals surface area contributed by atoms with Crippen LogP contribution < -0.4 is 5.32 Å². The van der Waals surface area contributed by atoms with Crippen LogP contribution in [0.2, 0.25) is 0 Å². The molecule has 1 N–H and O–H groups in total. The lowest BCUT2D eigenvalue weighted by Crippen LogP contribution is -2.12. The topological polar surface area (TPSA) is 90.4 Å². The van der Waals surface area contributed by atoms with Gasteiger partial charge in [-0.1, -0.05) is 16.5 Å². The van der Waals surface area contributed by atoms with Crippen molar-refractivity contribution in [2.24, 2.45) is 0 Å². The summed E-state index contributed by atoms with van der Waals surface area (Å²) in [5.74, 6) is 0.559. The molecule has 112 valence electrons. The van der Waals surface area contributed by atoms with Gasteiger partial charge in [0.05, 0.1) is 30.0 Å². The van der Waals surface area contributed by atoms with E-state index in [0.717, 1.165) is 17.0 Å². The maximum absolute atomic E-state index is 12.2. The second-order valence-electron chi connectivity index (χ2n) is 4.70. The summed E-state index contributed by atoms with van der Waals surface area (Å²) < 4.78 is 15.7. The Morgan fingerprint density at radius 2 is 2.32 bits per heavy atom. The number of amides is 1. The first-order chi connectivity index (χ1) is 10.8. The van der Waals surface area contributed by atoms with Gasteiger partial charge in [0.15, 0.2) is 16.6 Å². The minimum atomic E-state index is -0.367. The maximum atomic E-state index is 12.2. The fourth-order valence-electron chi connectivity index (χ4n) is 2.16. The van der Waals surface area contributed by atoms with Crippen molar-refractivity contribution < 1.29 is 18.5 Å². The zero-order valence-corrected chi connectivity index (χ0v) is 12.2. The number of rotatable bonds is 3. The van der Waals surface area contributed by atoms with Gasteiger partial charge >= 0.3 is 0 Å². The van der Waals surface area contributed by atoms with Crippen LogP contribution >= 0.6 is 11.3 Å². The summed E-state index contributed by atoms with van der Waals surface area (Å²) in [5, 5.41) is 7.03. The lowest BCUT2D eigenvalue weighted by atomic mass is 10.2. The lowest BCUT2D eigenvalue weighted by Gasteiger charge is -2.08. The van der Waals surface area contributed by atoms with Gasteiger partial charge in [0.1, 0.15) is 0 Å². The van der Waals surface area contributed by atoms with Gasteiger partial charge < -0.3 is 13.7 Å². The molecule has 1 aliphatic rings. The van der Waals surface area contributed by atoms with Crippen LogP contribution in [0.3, 0.4) is 0 Å². The van der Waals surface area contributed by atoms with E-state index in [4.69, 9.17) is 13.7 Å². The van der Waals surface area contributed by atoms with E-state index in [0.29, 0.717) is 29.9 Å². The number of anilines is 1. The number of hydrogen-bond acceptors (Lipinski definition) is 7. The van der Waals surface area contributed by atoms with Gasteiger partial charge in [-0.15, -0.1) is 0 Å². The Morgan fingerprint density at radius 3 is 3.14 bits per heavy atom. The van der Waals surface area contributed by atoms with Gasteiger partial charge in [0.25, 0.3) is 5.91 Å². The third-order valence-electron chi connectivity index (χ3n) is 3.22. The summed E-state index contributed by atoms with van der Waals surface area (Å²) >= 11 is 1.42. The number of nitrogens with one attached hydrogen (secondary N) is 1. The largest absolute Gasteiger partial charge is 0.461 e. The molecule has 4 rings (SSSR count). The Kier molecular flexibility index (Phi) is 3.24. The number of thiazole rings is 1. The van der Waals surface area contributed by atoms with Crippen LogP contribution in [-0.2, 0) is 17.8 Å². The quantitative estimate of drug-likeness (QED) is 0.798. The number of carbonyl (C=O) groups is 1. The van der Waals surface area contributed by atoms with E-state index in [1.165, 1.54) is 23.7 Å². The van der Waals surface area contributed by atoms with Gasteiger partial charge in [0.2, 0.25) is 5.76 Å². The van der Waals surface area contributed by atoms with Crippen LogP contribution in [0, 0.1) is 0 Å². The lowest BCUT2D eigenvalue weighted by molar-refractivity contribution is 0.101. The van der Waals surface area contributed by atoms with Crippen molar-refractivity contribution in [1.29, 1.82) is 0 Å². The molecule has 8 heteroatoms. The molecule has 0 bridgehead atoms. The van der Waals surface area contributed by atoms with Crippen molar-refractivity contribution in [3.63, 3.8) is 0 Å². The van der Waals surface area contributed by atoms with E-state index in [1.54, 1.807) is 12.1 Å². The second-order valence-corrected chi connectivity index (χ2v) is 5.78. The van der Waals surface area contributed by atoms with Crippen molar-refractivity contribution in [3.8, 4) is 11.5 Å². The molecule has 0 radical (unpaired) electrons. The second kappa shape index (κ2) is 5.39. The molecule has 0 atom stereocenters. The highest BCUT2D eigenvalue weighted by atomic mass is 32.1.